The van der Waals surface area contributed by atoms with Gasteiger partial charge in [0.25, 0.3) is 0 Å². The number of aromatic nitrogens is 2. The second-order valence-corrected chi connectivity index (χ2v) is 5.39. The predicted octanol–water partition coefficient (Wildman–Crippen LogP) is 2.31. The van der Waals surface area contributed by atoms with E-state index >= 15 is 0 Å². The fraction of sp³-hybridized carbons (Fsp3) is 0.786. The Morgan fingerprint density at radius 2 is 2.06 bits per heavy atom. The first kappa shape index (κ1) is 12.6. The van der Waals surface area contributed by atoms with Crippen LogP contribution in [0.3, 0.4) is 0 Å². The van der Waals surface area contributed by atoms with E-state index in [4.69, 9.17) is 10.8 Å². The van der Waals surface area contributed by atoms with Crippen molar-refractivity contribution in [2.24, 2.45) is 11.7 Å². The van der Waals surface area contributed by atoms with Crippen LogP contribution in [0.25, 0.3) is 0 Å². The van der Waals surface area contributed by atoms with Gasteiger partial charge in [-0.1, -0.05) is 13.8 Å². The van der Waals surface area contributed by atoms with Gasteiger partial charge in [-0.15, -0.1) is 0 Å². The monoisotopic (exact) mass is 235 g/mol. The first-order valence-corrected chi connectivity index (χ1v) is 6.98. The summed E-state index contributed by atoms with van der Waals surface area (Å²) in [5.41, 5.74) is 10.1. The molecule has 0 spiro atoms. The van der Waals surface area contributed by atoms with Crippen molar-refractivity contribution in [3.05, 3.63) is 17.0 Å². The number of hydrogen-bond acceptors (Lipinski definition) is 2. The molecule has 0 amide bonds. The molecule has 1 saturated carbocycles. The summed E-state index contributed by atoms with van der Waals surface area (Å²) in [5.74, 6) is 0.882. The molecule has 1 aliphatic carbocycles. The molecule has 1 aliphatic rings. The zero-order chi connectivity index (χ0) is 12.4. The van der Waals surface area contributed by atoms with Crippen molar-refractivity contribution in [1.82, 2.24) is 9.78 Å². The van der Waals surface area contributed by atoms with Crippen LogP contribution in [-0.2, 0) is 25.8 Å². The Kier molecular flexibility index (Phi) is 3.87. The predicted molar refractivity (Wildman–Crippen MR) is 71.1 cm³/mol. The molecular weight excluding hydrogens is 210 g/mol. The first-order chi connectivity index (χ1) is 8.15. The van der Waals surface area contributed by atoms with Gasteiger partial charge in [0, 0.05) is 18.3 Å². The molecule has 3 nitrogen and oxygen atoms in total. The minimum Gasteiger partial charge on any atom is -0.328 e. The standard InChI is InChI=1S/C14H25N3/c1-4-13-12(8-10(3)15)14(5-2)17(16-13)9-11-6-7-11/h10-11H,4-9,15H2,1-3H3. The van der Waals surface area contributed by atoms with Gasteiger partial charge in [-0.2, -0.15) is 5.10 Å². The largest absolute Gasteiger partial charge is 0.328 e. The van der Waals surface area contributed by atoms with Crippen molar-refractivity contribution in [3.8, 4) is 0 Å². The Hall–Kier alpha value is -0.830. The molecule has 17 heavy (non-hydrogen) atoms. The maximum absolute atomic E-state index is 5.96. The number of nitrogens with two attached hydrogens (primary N) is 1. The van der Waals surface area contributed by atoms with Gasteiger partial charge < -0.3 is 5.73 Å². The molecular formula is C14H25N3. The molecule has 0 bridgehead atoms. The molecule has 3 heteroatoms. The first-order valence-electron chi connectivity index (χ1n) is 6.98. The van der Waals surface area contributed by atoms with Crippen molar-refractivity contribution < 1.29 is 0 Å². The van der Waals surface area contributed by atoms with Crippen LogP contribution >= 0.6 is 0 Å². The third kappa shape index (κ3) is 2.89. The van der Waals surface area contributed by atoms with Crippen LogP contribution in [0, 0.1) is 5.92 Å². The van der Waals surface area contributed by atoms with E-state index in [1.54, 1.807) is 0 Å². The van der Waals surface area contributed by atoms with E-state index in [2.05, 4.69) is 25.5 Å². The van der Waals surface area contributed by atoms with Crippen LogP contribution in [0.15, 0.2) is 0 Å². The molecule has 2 rings (SSSR count). The molecule has 1 aromatic heterocycles. The van der Waals surface area contributed by atoms with Crippen molar-refractivity contribution in [2.45, 2.75) is 65.5 Å². The second-order valence-electron chi connectivity index (χ2n) is 5.39. The van der Waals surface area contributed by atoms with E-state index in [0.29, 0.717) is 0 Å². The summed E-state index contributed by atoms with van der Waals surface area (Å²) in [4.78, 5) is 0. The second kappa shape index (κ2) is 5.21. The normalized spacial score (nSPS) is 17.4. The topological polar surface area (TPSA) is 43.8 Å². The van der Waals surface area contributed by atoms with Crippen LogP contribution < -0.4 is 5.73 Å². The van der Waals surface area contributed by atoms with Gasteiger partial charge in [-0.05, 0) is 50.5 Å². The minimum absolute atomic E-state index is 0.226. The summed E-state index contributed by atoms with van der Waals surface area (Å²) < 4.78 is 2.26. The van der Waals surface area contributed by atoms with E-state index < -0.39 is 0 Å². The molecule has 96 valence electrons. The molecule has 0 saturated heterocycles. The highest BCUT2D eigenvalue weighted by atomic mass is 15.3. The third-order valence-corrected chi connectivity index (χ3v) is 3.57. The molecule has 1 unspecified atom stereocenters. The molecule has 0 radical (unpaired) electrons. The number of nitrogens with zero attached hydrogens (tertiary/aromatic N) is 2. The lowest BCUT2D eigenvalue weighted by molar-refractivity contribution is 0.536. The van der Waals surface area contributed by atoms with E-state index in [1.807, 2.05) is 0 Å². The SMILES string of the molecule is CCc1nn(CC2CC2)c(CC)c1CC(C)N. The molecule has 0 aromatic carbocycles. The molecule has 1 fully saturated rings. The average Bonchev–Trinajstić information content (AvgIpc) is 3.02. The van der Waals surface area contributed by atoms with Gasteiger partial charge in [-0.25, -0.2) is 0 Å². The van der Waals surface area contributed by atoms with Crippen molar-refractivity contribution in [1.29, 1.82) is 0 Å². The Balaban J connectivity index is 2.28. The summed E-state index contributed by atoms with van der Waals surface area (Å²) in [7, 11) is 0. The van der Waals surface area contributed by atoms with E-state index in [0.717, 1.165) is 31.7 Å². The lowest BCUT2D eigenvalue weighted by Gasteiger charge is -2.09. The van der Waals surface area contributed by atoms with Crippen LogP contribution in [0.5, 0.6) is 0 Å². The van der Waals surface area contributed by atoms with Gasteiger partial charge in [0.15, 0.2) is 0 Å². The Morgan fingerprint density at radius 1 is 1.35 bits per heavy atom. The van der Waals surface area contributed by atoms with Gasteiger partial charge in [0.2, 0.25) is 0 Å². The number of rotatable bonds is 6. The van der Waals surface area contributed by atoms with E-state index in [1.165, 1.54) is 29.8 Å². The summed E-state index contributed by atoms with van der Waals surface area (Å²) >= 11 is 0. The highest BCUT2D eigenvalue weighted by Crippen LogP contribution is 2.31. The van der Waals surface area contributed by atoms with Crippen LogP contribution in [-0.4, -0.2) is 15.8 Å². The molecule has 0 aliphatic heterocycles. The Morgan fingerprint density at radius 3 is 2.53 bits per heavy atom. The van der Waals surface area contributed by atoms with Crippen molar-refractivity contribution >= 4 is 0 Å². The average molecular weight is 235 g/mol. The molecule has 1 atom stereocenters. The summed E-state index contributed by atoms with van der Waals surface area (Å²) in [6, 6.07) is 0.226. The van der Waals surface area contributed by atoms with Crippen molar-refractivity contribution in [3.63, 3.8) is 0 Å². The molecule has 1 heterocycles. The fourth-order valence-electron chi connectivity index (χ4n) is 2.52. The molecule has 1 aromatic rings. The highest BCUT2D eigenvalue weighted by Gasteiger charge is 2.25. The van der Waals surface area contributed by atoms with Crippen LogP contribution in [0.4, 0.5) is 0 Å². The quantitative estimate of drug-likeness (QED) is 0.822. The lowest BCUT2D eigenvalue weighted by Crippen LogP contribution is -2.19. The molecule has 2 N–H and O–H groups in total. The summed E-state index contributed by atoms with van der Waals surface area (Å²) in [6.07, 6.45) is 5.83. The van der Waals surface area contributed by atoms with Crippen LogP contribution in [0.2, 0.25) is 0 Å². The van der Waals surface area contributed by atoms with Crippen LogP contribution in [0.1, 0.15) is 50.6 Å². The maximum Gasteiger partial charge on any atom is 0.0657 e. The smallest absolute Gasteiger partial charge is 0.0657 e. The zero-order valence-corrected chi connectivity index (χ0v) is 11.4. The Labute approximate surface area is 104 Å². The van der Waals surface area contributed by atoms with E-state index in [-0.39, 0.29) is 6.04 Å². The van der Waals surface area contributed by atoms with E-state index in [9.17, 15) is 0 Å². The van der Waals surface area contributed by atoms with Gasteiger partial charge in [0.1, 0.15) is 0 Å². The summed E-state index contributed by atoms with van der Waals surface area (Å²) in [5, 5.41) is 4.79. The number of aryl methyl sites for hydroxylation is 1. The summed E-state index contributed by atoms with van der Waals surface area (Å²) in [6.45, 7) is 7.62. The van der Waals surface area contributed by atoms with Gasteiger partial charge in [0.05, 0.1) is 5.69 Å². The third-order valence-electron chi connectivity index (χ3n) is 3.57. The van der Waals surface area contributed by atoms with Gasteiger partial charge >= 0.3 is 0 Å². The highest BCUT2D eigenvalue weighted by molar-refractivity contribution is 5.28. The zero-order valence-electron chi connectivity index (χ0n) is 11.4. The lowest BCUT2D eigenvalue weighted by atomic mass is 10.0. The fourth-order valence-corrected chi connectivity index (χ4v) is 2.52. The van der Waals surface area contributed by atoms with Gasteiger partial charge in [-0.3, -0.25) is 4.68 Å². The number of hydrogen-bond donors (Lipinski definition) is 1. The minimum atomic E-state index is 0.226. The maximum atomic E-state index is 5.96. The van der Waals surface area contributed by atoms with Crippen molar-refractivity contribution in [2.75, 3.05) is 0 Å². The Bertz CT molecular complexity index is 375.